The Kier molecular flexibility index (Phi) is 6.29. The van der Waals surface area contributed by atoms with Gasteiger partial charge in [0.1, 0.15) is 0 Å². The van der Waals surface area contributed by atoms with Crippen LogP contribution in [0.25, 0.3) is 0 Å². The Morgan fingerprint density at radius 1 is 1.25 bits per heavy atom. The second-order valence-corrected chi connectivity index (χ2v) is 5.96. The molecule has 2 N–H and O–H groups in total. The van der Waals surface area contributed by atoms with Gasteiger partial charge in [-0.25, -0.2) is 0 Å². The Morgan fingerprint density at radius 2 is 2.00 bits per heavy atom. The molecular formula is C15H24BrN3O. The average Bonchev–Trinajstić information content (AvgIpc) is 2.47. The van der Waals surface area contributed by atoms with E-state index >= 15 is 0 Å². The van der Waals surface area contributed by atoms with Crippen LogP contribution in [0.4, 0.5) is 5.69 Å². The number of nitrogens with zero attached hydrogens (tertiary/aromatic N) is 2. The predicted molar refractivity (Wildman–Crippen MR) is 87.3 cm³/mol. The van der Waals surface area contributed by atoms with Gasteiger partial charge in [-0.15, -0.1) is 0 Å². The van der Waals surface area contributed by atoms with Crippen molar-refractivity contribution in [2.24, 2.45) is 0 Å². The van der Waals surface area contributed by atoms with E-state index in [1.54, 1.807) is 0 Å². The summed E-state index contributed by atoms with van der Waals surface area (Å²) in [6, 6.07) is 6.62. The van der Waals surface area contributed by atoms with Gasteiger partial charge in [0.15, 0.2) is 0 Å². The molecule has 20 heavy (non-hydrogen) atoms. The number of β-amino-alcohol motifs (C(OH)–C–C–N with tert-alkyl or cyclic N) is 1. The summed E-state index contributed by atoms with van der Waals surface area (Å²) in [6.45, 7) is 9.16. The van der Waals surface area contributed by atoms with Crippen LogP contribution in [0.15, 0.2) is 22.7 Å². The highest BCUT2D eigenvalue weighted by Gasteiger charge is 2.17. The monoisotopic (exact) mass is 341 g/mol. The number of aliphatic hydroxyl groups excluding tert-OH is 1. The molecule has 0 bridgehead atoms. The van der Waals surface area contributed by atoms with Crippen molar-refractivity contribution in [1.82, 2.24) is 10.2 Å². The van der Waals surface area contributed by atoms with Crippen LogP contribution in [0.1, 0.15) is 12.5 Å². The highest BCUT2D eigenvalue weighted by molar-refractivity contribution is 9.10. The Hall–Kier alpha value is -0.620. The summed E-state index contributed by atoms with van der Waals surface area (Å²) in [7, 11) is 0. The molecule has 0 unspecified atom stereocenters. The van der Waals surface area contributed by atoms with Crippen molar-refractivity contribution in [3.05, 3.63) is 28.2 Å². The number of piperazine rings is 1. The van der Waals surface area contributed by atoms with E-state index in [4.69, 9.17) is 5.11 Å². The molecule has 0 amide bonds. The molecule has 1 aromatic rings. The van der Waals surface area contributed by atoms with Crippen molar-refractivity contribution >= 4 is 21.6 Å². The minimum atomic E-state index is 0.255. The average molecular weight is 342 g/mol. The number of hydrogen-bond acceptors (Lipinski definition) is 4. The summed E-state index contributed by atoms with van der Waals surface area (Å²) in [5.74, 6) is 0. The third kappa shape index (κ3) is 4.19. The van der Waals surface area contributed by atoms with Crippen molar-refractivity contribution in [3.8, 4) is 0 Å². The molecule has 1 fully saturated rings. The molecule has 1 aliphatic rings. The maximum Gasteiger partial charge on any atom is 0.0558 e. The van der Waals surface area contributed by atoms with Gasteiger partial charge in [-0.1, -0.05) is 28.9 Å². The topological polar surface area (TPSA) is 38.7 Å². The van der Waals surface area contributed by atoms with Crippen molar-refractivity contribution < 1.29 is 5.11 Å². The second-order valence-electron chi connectivity index (χ2n) is 5.11. The largest absolute Gasteiger partial charge is 0.395 e. The molecule has 1 saturated heterocycles. The van der Waals surface area contributed by atoms with Gasteiger partial charge in [0, 0.05) is 49.4 Å². The quantitative estimate of drug-likeness (QED) is 0.825. The van der Waals surface area contributed by atoms with E-state index in [1.807, 2.05) is 0 Å². The fraction of sp³-hybridized carbons (Fsp3) is 0.600. The van der Waals surface area contributed by atoms with Crippen LogP contribution in [-0.4, -0.2) is 55.9 Å². The predicted octanol–water partition coefficient (Wildman–Crippen LogP) is 1.67. The Labute approximate surface area is 129 Å². The maximum absolute atomic E-state index is 8.97. The molecule has 1 heterocycles. The third-order valence-electron chi connectivity index (χ3n) is 3.76. The lowest BCUT2D eigenvalue weighted by molar-refractivity contribution is 0.189. The van der Waals surface area contributed by atoms with Crippen LogP contribution in [0.3, 0.4) is 0 Å². The van der Waals surface area contributed by atoms with Crippen LogP contribution in [0, 0.1) is 0 Å². The first-order valence-electron chi connectivity index (χ1n) is 7.32. The van der Waals surface area contributed by atoms with E-state index in [9.17, 15) is 0 Å². The fourth-order valence-corrected chi connectivity index (χ4v) is 3.01. The second kappa shape index (κ2) is 7.98. The van der Waals surface area contributed by atoms with Gasteiger partial charge in [-0.3, -0.25) is 4.90 Å². The van der Waals surface area contributed by atoms with Gasteiger partial charge >= 0.3 is 0 Å². The molecule has 0 atom stereocenters. The highest BCUT2D eigenvalue weighted by Crippen LogP contribution is 2.25. The minimum Gasteiger partial charge on any atom is -0.395 e. The molecule has 0 radical (unpaired) electrons. The number of aliphatic hydroxyl groups is 1. The third-order valence-corrected chi connectivity index (χ3v) is 4.49. The van der Waals surface area contributed by atoms with Gasteiger partial charge in [-0.2, -0.15) is 0 Å². The number of nitrogens with one attached hydrogen (secondary N) is 1. The van der Waals surface area contributed by atoms with Crippen LogP contribution in [0.5, 0.6) is 0 Å². The smallest absolute Gasteiger partial charge is 0.0558 e. The van der Waals surface area contributed by atoms with E-state index in [0.717, 1.165) is 45.8 Å². The van der Waals surface area contributed by atoms with E-state index < -0.39 is 0 Å². The van der Waals surface area contributed by atoms with Crippen molar-refractivity contribution in [2.75, 3.05) is 50.8 Å². The minimum absolute atomic E-state index is 0.255. The van der Waals surface area contributed by atoms with E-state index in [-0.39, 0.29) is 6.61 Å². The zero-order valence-corrected chi connectivity index (χ0v) is 13.7. The molecular weight excluding hydrogens is 318 g/mol. The molecule has 1 aliphatic heterocycles. The van der Waals surface area contributed by atoms with Crippen molar-refractivity contribution in [3.63, 3.8) is 0 Å². The number of rotatable bonds is 6. The van der Waals surface area contributed by atoms with Crippen molar-refractivity contribution in [1.29, 1.82) is 0 Å². The lowest BCUT2D eigenvalue weighted by Crippen LogP contribution is -2.47. The standard InChI is InChI=1S/C15H24BrN3O/c1-2-17-12-13-3-4-14(11-15(13)16)19-7-5-18(6-8-19)9-10-20/h3-4,11,17,20H,2,5-10,12H2,1H3. The first-order chi connectivity index (χ1) is 9.74. The fourth-order valence-electron chi connectivity index (χ4n) is 2.51. The Balaban J connectivity index is 1.95. The Morgan fingerprint density at radius 3 is 2.60 bits per heavy atom. The lowest BCUT2D eigenvalue weighted by Gasteiger charge is -2.36. The molecule has 0 saturated carbocycles. The van der Waals surface area contributed by atoms with Crippen LogP contribution < -0.4 is 10.2 Å². The van der Waals surface area contributed by atoms with Gasteiger partial charge in [0.05, 0.1) is 6.61 Å². The molecule has 0 aromatic heterocycles. The van der Waals surface area contributed by atoms with Gasteiger partial charge in [-0.05, 0) is 24.2 Å². The molecule has 5 heteroatoms. The first kappa shape index (κ1) is 15.8. The van der Waals surface area contributed by atoms with Gasteiger partial charge < -0.3 is 15.3 Å². The molecule has 1 aromatic carbocycles. The zero-order valence-electron chi connectivity index (χ0n) is 12.1. The number of halogens is 1. The zero-order chi connectivity index (χ0) is 14.4. The summed E-state index contributed by atoms with van der Waals surface area (Å²) < 4.78 is 1.17. The van der Waals surface area contributed by atoms with Crippen LogP contribution >= 0.6 is 15.9 Å². The maximum atomic E-state index is 8.97. The van der Waals surface area contributed by atoms with Gasteiger partial charge in [0.25, 0.3) is 0 Å². The van der Waals surface area contributed by atoms with E-state index in [2.05, 4.69) is 56.2 Å². The molecule has 0 spiro atoms. The van der Waals surface area contributed by atoms with Crippen molar-refractivity contribution in [2.45, 2.75) is 13.5 Å². The molecule has 2 rings (SSSR count). The molecule has 112 valence electrons. The van der Waals surface area contributed by atoms with Crippen LogP contribution in [-0.2, 0) is 6.54 Å². The SMILES string of the molecule is CCNCc1ccc(N2CCN(CCO)CC2)cc1Br. The summed E-state index contributed by atoms with van der Waals surface area (Å²) in [6.07, 6.45) is 0. The summed E-state index contributed by atoms with van der Waals surface area (Å²) in [5.41, 5.74) is 2.58. The summed E-state index contributed by atoms with van der Waals surface area (Å²) in [5, 5.41) is 12.3. The number of benzene rings is 1. The normalized spacial score (nSPS) is 16.6. The Bertz CT molecular complexity index is 420. The number of anilines is 1. The van der Waals surface area contributed by atoms with E-state index in [0.29, 0.717) is 0 Å². The van der Waals surface area contributed by atoms with Gasteiger partial charge in [0.2, 0.25) is 0 Å². The molecule has 0 aliphatic carbocycles. The summed E-state index contributed by atoms with van der Waals surface area (Å²) in [4.78, 5) is 4.72. The summed E-state index contributed by atoms with van der Waals surface area (Å²) >= 11 is 3.67. The first-order valence-corrected chi connectivity index (χ1v) is 8.11. The van der Waals surface area contributed by atoms with Crippen LogP contribution in [0.2, 0.25) is 0 Å². The lowest BCUT2D eigenvalue weighted by atomic mass is 10.1. The molecule has 4 nitrogen and oxygen atoms in total. The highest BCUT2D eigenvalue weighted by atomic mass is 79.9. The van der Waals surface area contributed by atoms with E-state index in [1.165, 1.54) is 15.7 Å². The number of hydrogen-bond donors (Lipinski definition) is 2.